The summed E-state index contributed by atoms with van der Waals surface area (Å²) in [5, 5.41) is 0.692. The van der Waals surface area contributed by atoms with Gasteiger partial charge in [0.05, 0.1) is 0 Å². The van der Waals surface area contributed by atoms with Crippen LogP contribution in [0.4, 0.5) is 0 Å². The second-order valence-electron chi connectivity index (χ2n) is 9.12. The van der Waals surface area contributed by atoms with Crippen LogP contribution in [-0.2, 0) is 10.9 Å². The van der Waals surface area contributed by atoms with Gasteiger partial charge in [-0.1, -0.05) is 0 Å². The fourth-order valence-electron chi connectivity index (χ4n) is 4.13. The molecule has 33 heavy (non-hydrogen) atoms. The molecular weight excluding hydrogens is 511 g/mol. The van der Waals surface area contributed by atoms with Crippen LogP contribution in [0.15, 0.2) is 103 Å². The Labute approximate surface area is 208 Å². The van der Waals surface area contributed by atoms with E-state index in [1.165, 1.54) is 27.3 Å². The van der Waals surface area contributed by atoms with Crippen LogP contribution >= 0.6 is 32.1 Å². The van der Waals surface area contributed by atoms with E-state index in [2.05, 4.69) is 113 Å². The Kier molecular flexibility index (Phi) is 6.64. The molecule has 0 aliphatic heterocycles. The Hall–Kier alpha value is -2.26. The van der Waals surface area contributed by atoms with Crippen LogP contribution in [0, 0.1) is 0 Å². The van der Waals surface area contributed by atoms with Crippen LogP contribution in [0.5, 0.6) is 0 Å². The molecule has 0 fully saturated rings. The molecule has 1 heterocycles. The second kappa shape index (κ2) is 9.18. The molecule has 0 N–H and O–H groups in total. The summed E-state index contributed by atoms with van der Waals surface area (Å²) in [6.07, 6.45) is 0.761. The van der Waals surface area contributed by atoms with Gasteiger partial charge in [0.15, 0.2) is 0 Å². The molecule has 3 aromatic carbocycles. The van der Waals surface area contributed by atoms with Gasteiger partial charge in [0.1, 0.15) is 0 Å². The fourth-order valence-corrected chi connectivity index (χ4v) is 13.8. The maximum atomic E-state index is 12.7. The number of hydrogen-bond acceptors (Lipinski definition) is 3. The number of benzene rings is 3. The Morgan fingerprint density at radius 3 is 1.58 bits per heavy atom. The summed E-state index contributed by atoms with van der Waals surface area (Å²) in [5.74, 6) is -0.271. The summed E-state index contributed by atoms with van der Waals surface area (Å²) in [6.45, 7) is 5.68. The molecule has 1 aromatic heterocycles. The van der Waals surface area contributed by atoms with Crippen LogP contribution in [0.25, 0.3) is 0 Å². The first-order valence-electron chi connectivity index (χ1n) is 10.9. The predicted octanol–water partition coefficient (Wildman–Crippen LogP) is 7.04. The van der Waals surface area contributed by atoms with Crippen molar-refractivity contribution in [2.24, 2.45) is 0 Å². The minimum atomic E-state index is -3.08. The molecule has 0 atom stereocenters. The third-order valence-electron chi connectivity index (χ3n) is 5.60. The van der Waals surface area contributed by atoms with E-state index >= 15 is 0 Å². The van der Waals surface area contributed by atoms with Gasteiger partial charge >= 0.3 is 209 Å². The van der Waals surface area contributed by atoms with Gasteiger partial charge in [-0.15, -0.1) is 0 Å². The van der Waals surface area contributed by atoms with E-state index in [-0.39, 0.29) is 5.97 Å². The zero-order chi connectivity index (χ0) is 23.6. The van der Waals surface area contributed by atoms with E-state index in [1.807, 2.05) is 26.8 Å². The number of carbonyl (C=O) groups excluding carboxylic acids is 1. The van der Waals surface area contributed by atoms with Crippen molar-refractivity contribution in [3.8, 4) is 0 Å². The Balaban J connectivity index is 1.91. The van der Waals surface area contributed by atoms with Crippen LogP contribution < -0.4 is 15.9 Å². The van der Waals surface area contributed by atoms with Crippen molar-refractivity contribution < 1.29 is 9.53 Å². The second-order valence-corrected chi connectivity index (χ2v) is 19.2. The maximum absolute atomic E-state index is 12.7. The molecule has 0 spiro atoms. The van der Waals surface area contributed by atoms with Gasteiger partial charge in [-0.2, -0.15) is 0 Å². The first-order valence-corrected chi connectivity index (χ1v) is 16.2. The average molecular weight is 539 g/mol. The van der Waals surface area contributed by atoms with E-state index in [9.17, 15) is 4.79 Å². The monoisotopic (exact) mass is 538 g/mol. The van der Waals surface area contributed by atoms with Gasteiger partial charge in [-0.25, -0.2) is 0 Å². The minimum absolute atomic E-state index is 0.271. The van der Waals surface area contributed by atoms with Gasteiger partial charge in [0.25, 0.3) is 0 Å². The molecule has 170 valence electrons. The molecule has 0 saturated carbocycles. The van der Waals surface area contributed by atoms with Crippen molar-refractivity contribution in [2.45, 2.75) is 32.5 Å². The first-order chi connectivity index (χ1) is 15.7. The van der Waals surface area contributed by atoms with E-state index in [1.54, 1.807) is 0 Å². The van der Waals surface area contributed by atoms with E-state index in [0.29, 0.717) is 4.88 Å². The predicted molar refractivity (Wildman–Crippen MR) is 147 cm³/mol. The summed E-state index contributed by atoms with van der Waals surface area (Å²) in [6, 6.07) is 36.0. The number of rotatable bonds is 6. The van der Waals surface area contributed by atoms with Crippen LogP contribution in [0.3, 0.4) is 0 Å². The van der Waals surface area contributed by atoms with Crippen LogP contribution in [0.2, 0.25) is 0 Å². The molecule has 4 rings (SSSR count). The molecule has 5 heteroatoms. The Morgan fingerprint density at radius 2 is 1.18 bits per heavy atom. The van der Waals surface area contributed by atoms with E-state index < -0.39 is 10.9 Å². The third kappa shape index (κ3) is 4.71. The van der Waals surface area contributed by atoms with E-state index in [0.717, 1.165) is 11.0 Å². The molecule has 4 aromatic rings. The summed E-state index contributed by atoms with van der Waals surface area (Å²) in [5.41, 5.74) is -0.520. The van der Waals surface area contributed by atoms with Crippen molar-refractivity contribution in [1.29, 1.82) is 0 Å². The van der Waals surface area contributed by atoms with Gasteiger partial charge in [0.2, 0.25) is 0 Å². The van der Waals surface area contributed by atoms with Crippen molar-refractivity contribution in [3.05, 3.63) is 113 Å². The Morgan fingerprint density at radius 1 is 0.758 bits per heavy atom. The quantitative estimate of drug-likeness (QED) is 0.194. The van der Waals surface area contributed by atoms with Crippen molar-refractivity contribution in [2.75, 3.05) is 0 Å². The van der Waals surface area contributed by atoms with Crippen molar-refractivity contribution in [1.82, 2.24) is 0 Å². The normalized spacial score (nSPS) is 13.2. The van der Waals surface area contributed by atoms with Gasteiger partial charge in [-0.05, 0) is 0 Å². The molecule has 0 amide bonds. The number of hydrogen-bond donors (Lipinski definition) is 0. The SMILES string of the molecule is CC(C)(C)OC(=O)c1ccc(CP(Br)(c2ccccc2)(c2ccccc2)c2ccccc2)s1. The topological polar surface area (TPSA) is 26.3 Å². The van der Waals surface area contributed by atoms with E-state index in [4.69, 9.17) is 4.74 Å². The average Bonchev–Trinajstić information content (AvgIpc) is 3.28. The third-order valence-corrected chi connectivity index (χ3v) is 16.4. The van der Waals surface area contributed by atoms with Crippen molar-refractivity contribution >= 4 is 54.0 Å². The molecule has 0 bridgehead atoms. The summed E-state index contributed by atoms with van der Waals surface area (Å²) in [4.78, 5) is 14.5. The summed E-state index contributed by atoms with van der Waals surface area (Å²) in [7, 11) is 0. The standard InChI is InChI=1S/C28H28BrO2PS/c1-28(2,3)31-27(30)26-20-19-25(33-26)21-32(29,22-13-7-4-8-14-22,23-15-9-5-10-16-23)24-17-11-6-12-18-24/h4-20H,21H2,1-3H3. The Bertz CT molecular complexity index is 1130. The zero-order valence-corrected chi connectivity index (χ0v) is 22.4. The summed E-state index contributed by atoms with van der Waals surface area (Å²) >= 11 is 5.99. The van der Waals surface area contributed by atoms with Gasteiger partial charge < -0.3 is 0 Å². The molecule has 0 radical (unpaired) electrons. The fraction of sp³-hybridized carbons (Fsp3) is 0.179. The van der Waals surface area contributed by atoms with Gasteiger partial charge in [-0.3, -0.25) is 0 Å². The molecule has 0 unspecified atom stereocenters. The first kappa shape index (κ1) is 23.9. The zero-order valence-electron chi connectivity index (χ0n) is 19.1. The molecule has 0 aliphatic rings. The molecule has 0 aliphatic carbocycles. The van der Waals surface area contributed by atoms with Crippen LogP contribution in [0.1, 0.15) is 35.3 Å². The van der Waals surface area contributed by atoms with Gasteiger partial charge in [0, 0.05) is 0 Å². The number of esters is 1. The van der Waals surface area contributed by atoms with Crippen molar-refractivity contribution in [3.63, 3.8) is 0 Å². The number of ether oxygens (including phenoxy) is 1. The molecule has 2 nitrogen and oxygen atoms in total. The molecule has 0 saturated heterocycles. The number of thiophene rings is 1. The number of carbonyl (C=O) groups is 1. The van der Waals surface area contributed by atoms with Crippen LogP contribution in [-0.4, -0.2) is 11.6 Å². The molecular formula is C28H28BrO2PS. The summed E-state index contributed by atoms with van der Waals surface area (Å²) < 4.78 is 5.62. The number of halogens is 1.